The molecule has 0 spiro atoms. The van der Waals surface area contributed by atoms with Crippen molar-refractivity contribution in [3.63, 3.8) is 0 Å². The number of halogens is 1. The third-order valence-electron chi connectivity index (χ3n) is 3.30. The highest BCUT2D eigenvalue weighted by atomic mass is 32.2. The van der Waals surface area contributed by atoms with E-state index < -0.39 is 15.7 Å². The zero-order chi connectivity index (χ0) is 13.9. The van der Waals surface area contributed by atoms with Crippen molar-refractivity contribution in [1.82, 2.24) is 5.32 Å². The van der Waals surface area contributed by atoms with Crippen molar-refractivity contribution in [3.8, 4) is 0 Å². The molecular formula is C13H19FN2O2S. The van der Waals surface area contributed by atoms with E-state index in [1.165, 1.54) is 18.2 Å². The van der Waals surface area contributed by atoms with Crippen LogP contribution in [0.4, 0.5) is 10.1 Å². The van der Waals surface area contributed by atoms with E-state index in [9.17, 15) is 12.8 Å². The molecule has 1 unspecified atom stereocenters. The average Bonchev–Trinajstić information content (AvgIpc) is 2.59. The summed E-state index contributed by atoms with van der Waals surface area (Å²) in [7, 11) is -3.31. The number of rotatable bonds is 3. The van der Waals surface area contributed by atoms with Crippen molar-refractivity contribution in [1.29, 1.82) is 0 Å². The van der Waals surface area contributed by atoms with E-state index in [0.717, 1.165) is 38.6 Å². The van der Waals surface area contributed by atoms with E-state index in [-0.39, 0.29) is 16.6 Å². The highest BCUT2D eigenvalue weighted by Gasteiger charge is 2.16. The largest absolute Gasteiger partial charge is 0.380 e. The molecule has 2 rings (SSSR count). The molecule has 0 aromatic heterocycles. The summed E-state index contributed by atoms with van der Waals surface area (Å²) < 4.78 is 36.7. The van der Waals surface area contributed by atoms with Gasteiger partial charge in [-0.2, -0.15) is 0 Å². The van der Waals surface area contributed by atoms with Crippen LogP contribution >= 0.6 is 0 Å². The minimum absolute atomic E-state index is 0.142. The fourth-order valence-electron chi connectivity index (χ4n) is 2.23. The Bertz CT molecular complexity index is 538. The van der Waals surface area contributed by atoms with Gasteiger partial charge in [0.15, 0.2) is 9.84 Å². The Labute approximate surface area is 113 Å². The maximum atomic E-state index is 13.7. The molecule has 6 heteroatoms. The highest BCUT2D eigenvalue weighted by Crippen LogP contribution is 2.22. The molecule has 0 aliphatic carbocycles. The van der Waals surface area contributed by atoms with Crippen LogP contribution in [0, 0.1) is 5.82 Å². The Morgan fingerprint density at radius 1 is 1.32 bits per heavy atom. The summed E-state index contributed by atoms with van der Waals surface area (Å²) in [6, 6.07) is 4.06. The summed E-state index contributed by atoms with van der Waals surface area (Å²) >= 11 is 0. The molecule has 19 heavy (non-hydrogen) atoms. The monoisotopic (exact) mass is 286 g/mol. The van der Waals surface area contributed by atoms with Crippen LogP contribution in [-0.2, 0) is 9.84 Å². The van der Waals surface area contributed by atoms with Crippen LogP contribution in [-0.4, -0.2) is 33.8 Å². The lowest BCUT2D eigenvalue weighted by Gasteiger charge is -2.18. The molecule has 4 nitrogen and oxygen atoms in total. The minimum Gasteiger partial charge on any atom is -0.380 e. The van der Waals surface area contributed by atoms with Crippen LogP contribution in [0.2, 0.25) is 0 Å². The van der Waals surface area contributed by atoms with Crippen LogP contribution < -0.4 is 10.6 Å². The molecule has 1 heterocycles. The standard InChI is InChI=1S/C13H19FN2O2S/c1-19(17,18)11-4-5-12(14)13(9-11)16-10-3-2-7-15-8-6-10/h4-5,9-10,15-16H,2-3,6-8H2,1H3. The first-order valence-corrected chi connectivity index (χ1v) is 8.33. The van der Waals surface area contributed by atoms with Gasteiger partial charge in [0.2, 0.25) is 0 Å². The fraction of sp³-hybridized carbons (Fsp3) is 0.538. The minimum atomic E-state index is -3.31. The topological polar surface area (TPSA) is 58.2 Å². The van der Waals surface area contributed by atoms with Crippen LogP contribution in [0.1, 0.15) is 19.3 Å². The zero-order valence-corrected chi connectivity index (χ0v) is 11.8. The second kappa shape index (κ2) is 5.88. The Morgan fingerprint density at radius 3 is 2.84 bits per heavy atom. The van der Waals surface area contributed by atoms with Crippen molar-refractivity contribution in [2.24, 2.45) is 0 Å². The summed E-state index contributed by atoms with van der Waals surface area (Å²) in [6.07, 6.45) is 4.02. The molecule has 1 aliphatic rings. The predicted molar refractivity (Wildman–Crippen MR) is 73.6 cm³/mol. The van der Waals surface area contributed by atoms with Gasteiger partial charge in [-0.15, -0.1) is 0 Å². The van der Waals surface area contributed by atoms with Gasteiger partial charge in [-0.3, -0.25) is 0 Å². The van der Waals surface area contributed by atoms with Gasteiger partial charge in [-0.1, -0.05) is 0 Å². The van der Waals surface area contributed by atoms with Crippen LogP contribution in [0.15, 0.2) is 23.1 Å². The van der Waals surface area contributed by atoms with E-state index in [1.807, 2.05) is 0 Å². The van der Waals surface area contributed by atoms with Gasteiger partial charge in [0, 0.05) is 12.3 Å². The number of benzene rings is 1. The van der Waals surface area contributed by atoms with E-state index >= 15 is 0 Å². The van der Waals surface area contributed by atoms with E-state index in [2.05, 4.69) is 10.6 Å². The first-order valence-electron chi connectivity index (χ1n) is 6.44. The lowest BCUT2D eigenvalue weighted by atomic mass is 10.1. The Balaban J connectivity index is 2.19. The van der Waals surface area contributed by atoms with Crippen molar-refractivity contribution < 1.29 is 12.8 Å². The van der Waals surface area contributed by atoms with Crippen LogP contribution in [0.25, 0.3) is 0 Å². The lowest BCUT2D eigenvalue weighted by Crippen LogP contribution is -2.22. The molecule has 2 N–H and O–H groups in total. The van der Waals surface area contributed by atoms with Crippen molar-refractivity contribution in [3.05, 3.63) is 24.0 Å². The maximum Gasteiger partial charge on any atom is 0.175 e. The second-order valence-electron chi connectivity index (χ2n) is 4.94. The zero-order valence-electron chi connectivity index (χ0n) is 10.9. The molecule has 1 fully saturated rings. The Morgan fingerprint density at radius 2 is 2.11 bits per heavy atom. The van der Waals surface area contributed by atoms with Gasteiger partial charge in [-0.25, -0.2) is 12.8 Å². The number of hydrogen-bond acceptors (Lipinski definition) is 4. The van der Waals surface area contributed by atoms with Gasteiger partial charge < -0.3 is 10.6 Å². The Kier molecular flexibility index (Phi) is 4.42. The summed E-state index contributed by atoms with van der Waals surface area (Å²) in [5.41, 5.74) is 0.273. The van der Waals surface area contributed by atoms with Gasteiger partial charge >= 0.3 is 0 Å². The molecule has 106 valence electrons. The normalized spacial score (nSPS) is 20.8. The molecule has 1 aliphatic heterocycles. The second-order valence-corrected chi connectivity index (χ2v) is 6.95. The van der Waals surface area contributed by atoms with Crippen LogP contribution in [0.3, 0.4) is 0 Å². The molecule has 0 saturated carbocycles. The molecule has 0 bridgehead atoms. The van der Waals surface area contributed by atoms with Crippen molar-refractivity contribution in [2.45, 2.75) is 30.2 Å². The summed E-state index contributed by atoms with van der Waals surface area (Å²) in [5, 5.41) is 6.41. The molecule has 1 aromatic rings. The van der Waals surface area contributed by atoms with Gasteiger partial charge in [0.1, 0.15) is 5.82 Å². The molecule has 1 atom stereocenters. The third-order valence-corrected chi connectivity index (χ3v) is 4.41. The van der Waals surface area contributed by atoms with Crippen molar-refractivity contribution in [2.75, 3.05) is 24.7 Å². The number of nitrogens with one attached hydrogen (secondary N) is 2. The van der Waals surface area contributed by atoms with Crippen LogP contribution in [0.5, 0.6) is 0 Å². The predicted octanol–water partition coefficient (Wildman–Crippen LogP) is 1.78. The average molecular weight is 286 g/mol. The van der Waals surface area contributed by atoms with Gasteiger partial charge in [0.05, 0.1) is 10.6 Å². The summed E-state index contributed by atoms with van der Waals surface area (Å²) in [6.45, 7) is 1.87. The fourth-order valence-corrected chi connectivity index (χ4v) is 2.88. The lowest BCUT2D eigenvalue weighted by molar-refractivity contribution is 0.597. The van der Waals surface area contributed by atoms with E-state index in [1.54, 1.807) is 0 Å². The van der Waals surface area contributed by atoms with Gasteiger partial charge in [-0.05, 0) is 50.6 Å². The molecule has 1 saturated heterocycles. The SMILES string of the molecule is CS(=O)(=O)c1ccc(F)c(NC2CCCNCC2)c1. The van der Waals surface area contributed by atoms with E-state index in [4.69, 9.17) is 0 Å². The molecule has 1 aromatic carbocycles. The van der Waals surface area contributed by atoms with Gasteiger partial charge in [0.25, 0.3) is 0 Å². The number of anilines is 1. The quantitative estimate of drug-likeness (QED) is 0.832. The third kappa shape index (κ3) is 3.91. The van der Waals surface area contributed by atoms with E-state index in [0.29, 0.717) is 0 Å². The highest BCUT2D eigenvalue weighted by molar-refractivity contribution is 7.90. The smallest absolute Gasteiger partial charge is 0.175 e. The first kappa shape index (κ1) is 14.3. The molecular weight excluding hydrogens is 267 g/mol. The maximum absolute atomic E-state index is 13.7. The molecule has 0 radical (unpaired) electrons. The first-order chi connectivity index (χ1) is 8.97. The Hall–Kier alpha value is -1.14. The summed E-state index contributed by atoms with van der Waals surface area (Å²) in [4.78, 5) is 0.142. The van der Waals surface area contributed by atoms with Crippen molar-refractivity contribution >= 4 is 15.5 Å². The summed E-state index contributed by atoms with van der Waals surface area (Å²) in [5.74, 6) is -0.412. The molecule has 0 amide bonds. The number of sulfone groups is 1. The number of hydrogen-bond donors (Lipinski definition) is 2.